The van der Waals surface area contributed by atoms with Gasteiger partial charge in [0, 0.05) is 50.9 Å². The van der Waals surface area contributed by atoms with Crippen LogP contribution >= 0.6 is 0 Å². The molecule has 29 heavy (non-hydrogen) atoms. The summed E-state index contributed by atoms with van der Waals surface area (Å²) in [4.78, 5) is 28.7. The minimum atomic E-state index is -0.0903. The Hall–Kier alpha value is -3.12. The number of nitrogens with zero attached hydrogens (tertiary/aromatic N) is 2. The predicted molar refractivity (Wildman–Crippen MR) is 114 cm³/mol. The molecule has 1 N–H and O–H groups in total. The summed E-state index contributed by atoms with van der Waals surface area (Å²) in [7, 11) is 1.60. The number of nitrogens with one attached hydrogen (secondary N) is 1. The van der Waals surface area contributed by atoms with Crippen LogP contribution in [-0.4, -0.2) is 68.0 Å². The average Bonchev–Trinajstić information content (AvgIpc) is 2.78. The molecule has 6 heteroatoms. The Morgan fingerprint density at radius 1 is 1.00 bits per heavy atom. The van der Waals surface area contributed by atoms with Crippen molar-refractivity contribution < 1.29 is 14.3 Å². The molecule has 0 unspecified atom stereocenters. The first-order valence-electron chi connectivity index (χ1n) is 9.82. The Bertz CT molecular complexity index is 826. The van der Waals surface area contributed by atoms with Gasteiger partial charge in [-0.2, -0.15) is 0 Å². The fraction of sp³-hybridized carbons (Fsp3) is 0.304. The van der Waals surface area contributed by atoms with Gasteiger partial charge in [-0.1, -0.05) is 30.3 Å². The Kier molecular flexibility index (Phi) is 7.41. The molecular weight excluding hydrogens is 366 g/mol. The number of amides is 2. The second kappa shape index (κ2) is 10.4. The summed E-state index contributed by atoms with van der Waals surface area (Å²) in [5, 5.41) is 2.94. The van der Waals surface area contributed by atoms with Gasteiger partial charge in [0.25, 0.3) is 5.91 Å². The molecule has 1 aliphatic heterocycles. The summed E-state index contributed by atoms with van der Waals surface area (Å²) in [6.07, 6.45) is 3.49. The SMILES string of the molecule is COc1ccc(C(=O)NCCN2CCN(C(=O)/C=C/c3ccccc3)CC2)cc1. The van der Waals surface area contributed by atoms with Gasteiger partial charge in [-0.25, -0.2) is 0 Å². The van der Waals surface area contributed by atoms with Crippen LogP contribution in [0.5, 0.6) is 5.75 Å². The molecule has 0 bridgehead atoms. The van der Waals surface area contributed by atoms with E-state index in [4.69, 9.17) is 4.74 Å². The van der Waals surface area contributed by atoms with Crippen molar-refractivity contribution in [3.63, 3.8) is 0 Å². The minimum Gasteiger partial charge on any atom is -0.497 e. The number of hydrogen-bond acceptors (Lipinski definition) is 4. The maximum absolute atomic E-state index is 12.3. The predicted octanol–water partition coefficient (Wildman–Crippen LogP) is 2.28. The maximum atomic E-state index is 12.3. The standard InChI is InChI=1S/C23H27N3O3/c1-29-21-10-8-20(9-11-21)23(28)24-13-14-25-15-17-26(18-16-25)22(27)12-7-19-5-3-2-4-6-19/h2-12H,13-18H2,1H3,(H,24,28)/b12-7+. The Morgan fingerprint density at radius 2 is 1.69 bits per heavy atom. The minimum absolute atomic E-state index is 0.0429. The molecular formula is C23H27N3O3. The number of carbonyl (C=O) groups excluding carboxylic acids is 2. The molecule has 152 valence electrons. The van der Waals surface area contributed by atoms with E-state index in [1.807, 2.05) is 41.3 Å². The van der Waals surface area contributed by atoms with Crippen LogP contribution in [0.3, 0.4) is 0 Å². The molecule has 2 aromatic carbocycles. The second-order valence-electron chi connectivity index (χ2n) is 6.90. The number of ether oxygens (including phenoxy) is 1. The summed E-state index contributed by atoms with van der Waals surface area (Å²) in [5.74, 6) is 0.682. The molecule has 1 heterocycles. The van der Waals surface area contributed by atoms with Gasteiger partial charge in [-0.15, -0.1) is 0 Å². The van der Waals surface area contributed by atoms with Crippen LogP contribution in [0, 0.1) is 0 Å². The first kappa shape index (κ1) is 20.6. The number of piperazine rings is 1. The summed E-state index contributed by atoms with van der Waals surface area (Å²) >= 11 is 0. The lowest BCUT2D eigenvalue weighted by Gasteiger charge is -2.34. The quantitative estimate of drug-likeness (QED) is 0.733. The largest absolute Gasteiger partial charge is 0.497 e. The van der Waals surface area contributed by atoms with Crippen molar-refractivity contribution >= 4 is 17.9 Å². The zero-order chi connectivity index (χ0) is 20.5. The van der Waals surface area contributed by atoms with Gasteiger partial charge >= 0.3 is 0 Å². The molecule has 0 spiro atoms. The van der Waals surface area contributed by atoms with Crippen LogP contribution in [0.1, 0.15) is 15.9 Å². The van der Waals surface area contributed by atoms with E-state index in [1.54, 1.807) is 37.5 Å². The van der Waals surface area contributed by atoms with Crippen molar-refractivity contribution in [2.75, 3.05) is 46.4 Å². The molecule has 0 aromatic heterocycles. The van der Waals surface area contributed by atoms with Crippen molar-refractivity contribution in [2.24, 2.45) is 0 Å². The Labute approximate surface area is 171 Å². The third-order valence-electron chi connectivity index (χ3n) is 4.97. The third-order valence-corrected chi connectivity index (χ3v) is 4.97. The highest BCUT2D eigenvalue weighted by atomic mass is 16.5. The van der Waals surface area contributed by atoms with Crippen molar-refractivity contribution in [2.45, 2.75) is 0 Å². The van der Waals surface area contributed by atoms with Crippen LogP contribution in [0.25, 0.3) is 6.08 Å². The summed E-state index contributed by atoms with van der Waals surface area (Å²) in [5.41, 5.74) is 1.64. The van der Waals surface area contributed by atoms with Crippen molar-refractivity contribution in [3.05, 3.63) is 71.8 Å². The van der Waals surface area contributed by atoms with E-state index in [2.05, 4.69) is 10.2 Å². The van der Waals surface area contributed by atoms with Crippen LogP contribution in [0.15, 0.2) is 60.7 Å². The van der Waals surface area contributed by atoms with Gasteiger partial charge in [-0.05, 0) is 35.9 Å². The molecule has 1 saturated heterocycles. The van der Waals surface area contributed by atoms with E-state index >= 15 is 0 Å². The summed E-state index contributed by atoms with van der Waals surface area (Å²) < 4.78 is 5.10. The number of rotatable bonds is 7. The average molecular weight is 393 g/mol. The highest BCUT2D eigenvalue weighted by Crippen LogP contribution is 2.11. The second-order valence-corrected chi connectivity index (χ2v) is 6.90. The monoisotopic (exact) mass is 393 g/mol. The molecule has 2 amide bonds. The normalized spacial score (nSPS) is 14.7. The Morgan fingerprint density at radius 3 is 2.34 bits per heavy atom. The first-order valence-corrected chi connectivity index (χ1v) is 9.82. The molecule has 0 aliphatic carbocycles. The van der Waals surface area contributed by atoms with Crippen molar-refractivity contribution in [3.8, 4) is 5.75 Å². The van der Waals surface area contributed by atoms with Crippen molar-refractivity contribution in [1.29, 1.82) is 0 Å². The van der Waals surface area contributed by atoms with Gasteiger partial charge in [0.15, 0.2) is 0 Å². The Balaban J connectivity index is 1.36. The molecule has 3 rings (SSSR count). The van der Waals surface area contributed by atoms with Gasteiger partial charge in [-0.3, -0.25) is 14.5 Å². The molecule has 0 saturated carbocycles. The van der Waals surface area contributed by atoms with Crippen LogP contribution in [0.4, 0.5) is 0 Å². The van der Waals surface area contributed by atoms with Gasteiger partial charge in [0.2, 0.25) is 5.91 Å². The molecule has 2 aromatic rings. The molecule has 6 nitrogen and oxygen atoms in total. The highest BCUT2D eigenvalue weighted by Gasteiger charge is 2.19. The van der Waals surface area contributed by atoms with Crippen molar-refractivity contribution in [1.82, 2.24) is 15.1 Å². The maximum Gasteiger partial charge on any atom is 0.251 e. The zero-order valence-electron chi connectivity index (χ0n) is 16.7. The molecule has 0 atom stereocenters. The van der Waals surface area contributed by atoms with Crippen LogP contribution < -0.4 is 10.1 Å². The first-order chi connectivity index (χ1) is 14.2. The van der Waals surface area contributed by atoms with E-state index in [0.29, 0.717) is 25.2 Å². The molecule has 0 radical (unpaired) electrons. The zero-order valence-corrected chi connectivity index (χ0v) is 16.7. The summed E-state index contributed by atoms with van der Waals surface area (Å²) in [6.45, 7) is 4.36. The van der Waals surface area contributed by atoms with Crippen LogP contribution in [-0.2, 0) is 4.79 Å². The smallest absolute Gasteiger partial charge is 0.251 e. The number of carbonyl (C=O) groups is 2. The van der Waals surface area contributed by atoms with E-state index < -0.39 is 0 Å². The fourth-order valence-electron chi connectivity index (χ4n) is 3.20. The van der Waals surface area contributed by atoms with Gasteiger partial charge in [0.1, 0.15) is 5.75 Å². The number of methoxy groups -OCH3 is 1. The topological polar surface area (TPSA) is 61.9 Å². The van der Waals surface area contributed by atoms with E-state index in [0.717, 1.165) is 30.9 Å². The number of hydrogen-bond donors (Lipinski definition) is 1. The lowest BCUT2D eigenvalue weighted by molar-refractivity contribution is -0.127. The fourth-order valence-corrected chi connectivity index (χ4v) is 3.20. The van der Waals surface area contributed by atoms with E-state index in [1.165, 1.54) is 0 Å². The van der Waals surface area contributed by atoms with Gasteiger partial charge < -0.3 is 15.0 Å². The summed E-state index contributed by atoms with van der Waals surface area (Å²) in [6, 6.07) is 16.9. The highest BCUT2D eigenvalue weighted by molar-refractivity contribution is 5.94. The lowest BCUT2D eigenvalue weighted by Crippen LogP contribution is -2.49. The van der Waals surface area contributed by atoms with E-state index in [-0.39, 0.29) is 11.8 Å². The molecule has 1 fully saturated rings. The van der Waals surface area contributed by atoms with Gasteiger partial charge in [0.05, 0.1) is 7.11 Å². The number of benzene rings is 2. The third kappa shape index (κ3) is 6.19. The van der Waals surface area contributed by atoms with E-state index in [9.17, 15) is 9.59 Å². The van der Waals surface area contributed by atoms with Crippen LogP contribution in [0.2, 0.25) is 0 Å². The lowest BCUT2D eigenvalue weighted by atomic mass is 10.2. The molecule has 1 aliphatic rings.